The van der Waals surface area contributed by atoms with Crippen molar-refractivity contribution in [1.29, 1.82) is 0 Å². The van der Waals surface area contributed by atoms with Gasteiger partial charge in [0.05, 0.1) is 18.8 Å². The molecule has 1 aromatic heterocycles. The molecule has 8 nitrogen and oxygen atoms in total. The first-order chi connectivity index (χ1) is 14.6. The molecule has 0 saturated carbocycles. The van der Waals surface area contributed by atoms with Crippen molar-refractivity contribution >= 4 is 17.5 Å². The number of hydrogen-bond donors (Lipinski definition) is 0. The quantitative estimate of drug-likeness (QED) is 0.603. The molecule has 2 heterocycles. The monoisotopic (exact) mass is 426 g/mol. The number of amides is 1. The van der Waals surface area contributed by atoms with E-state index in [1.165, 1.54) is 0 Å². The van der Waals surface area contributed by atoms with E-state index in [1.54, 1.807) is 4.68 Å². The molecule has 1 saturated heterocycles. The molecule has 2 aromatic carbocycles. The van der Waals surface area contributed by atoms with Gasteiger partial charge in [-0.15, -0.1) is 5.10 Å². The van der Waals surface area contributed by atoms with Crippen molar-refractivity contribution in [2.24, 2.45) is 0 Å². The number of hydrogen-bond acceptors (Lipinski definition) is 6. The van der Waals surface area contributed by atoms with Gasteiger partial charge in [0.2, 0.25) is 0 Å². The second-order valence-corrected chi connectivity index (χ2v) is 7.45. The van der Waals surface area contributed by atoms with Crippen LogP contribution in [-0.4, -0.2) is 68.7 Å². The molecule has 156 valence electrons. The summed E-state index contributed by atoms with van der Waals surface area (Å²) < 4.78 is 7.16. The molecule has 4 rings (SSSR count). The van der Waals surface area contributed by atoms with E-state index < -0.39 is 0 Å². The first kappa shape index (κ1) is 20.3. The molecule has 0 spiro atoms. The SMILES string of the molecule is CCOc1ccc(C(=O)N2CCN(Cc3nnnn3-c3ccc(Cl)cc3)CC2)cc1. The number of carbonyl (C=O) groups excluding carboxylic acids is 1. The van der Waals surface area contributed by atoms with Crippen LogP contribution in [0.3, 0.4) is 0 Å². The van der Waals surface area contributed by atoms with E-state index in [2.05, 4.69) is 20.4 Å². The molecule has 1 amide bonds. The molecule has 0 radical (unpaired) electrons. The maximum atomic E-state index is 12.8. The third kappa shape index (κ3) is 4.60. The van der Waals surface area contributed by atoms with E-state index in [9.17, 15) is 4.79 Å². The van der Waals surface area contributed by atoms with Crippen LogP contribution in [0.1, 0.15) is 23.1 Å². The number of benzene rings is 2. The molecule has 3 aromatic rings. The van der Waals surface area contributed by atoms with E-state index in [1.807, 2.05) is 60.4 Å². The molecule has 0 aliphatic carbocycles. The van der Waals surface area contributed by atoms with Crippen molar-refractivity contribution in [2.45, 2.75) is 13.5 Å². The minimum atomic E-state index is 0.0451. The van der Waals surface area contributed by atoms with Crippen LogP contribution in [0, 0.1) is 0 Å². The lowest BCUT2D eigenvalue weighted by Gasteiger charge is -2.34. The van der Waals surface area contributed by atoms with E-state index >= 15 is 0 Å². The summed E-state index contributed by atoms with van der Waals surface area (Å²) in [5.41, 5.74) is 1.54. The van der Waals surface area contributed by atoms with Crippen LogP contribution in [0.15, 0.2) is 48.5 Å². The Kier molecular flexibility index (Phi) is 6.25. The zero-order valence-electron chi connectivity index (χ0n) is 16.7. The largest absolute Gasteiger partial charge is 0.494 e. The van der Waals surface area contributed by atoms with Crippen molar-refractivity contribution in [1.82, 2.24) is 30.0 Å². The summed E-state index contributed by atoms with van der Waals surface area (Å²) >= 11 is 5.97. The smallest absolute Gasteiger partial charge is 0.253 e. The Bertz CT molecular complexity index is 981. The molecule has 0 N–H and O–H groups in total. The Morgan fingerprint density at radius 1 is 1.03 bits per heavy atom. The Labute approximate surface area is 180 Å². The number of ether oxygens (including phenoxy) is 1. The highest BCUT2D eigenvalue weighted by Crippen LogP contribution is 2.17. The van der Waals surface area contributed by atoms with Gasteiger partial charge in [0.25, 0.3) is 5.91 Å². The van der Waals surface area contributed by atoms with Crippen LogP contribution < -0.4 is 4.74 Å². The number of nitrogens with zero attached hydrogens (tertiary/aromatic N) is 6. The van der Waals surface area contributed by atoms with Crippen LogP contribution in [0.5, 0.6) is 5.75 Å². The number of halogens is 1. The van der Waals surface area contributed by atoms with Gasteiger partial charge >= 0.3 is 0 Å². The number of piperazine rings is 1. The molecule has 30 heavy (non-hydrogen) atoms. The van der Waals surface area contributed by atoms with Gasteiger partial charge in [-0.1, -0.05) is 11.6 Å². The van der Waals surface area contributed by atoms with Crippen LogP contribution in [0.2, 0.25) is 5.02 Å². The number of aromatic nitrogens is 4. The third-order valence-corrected chi connectivity index (χ3v) is 5.29. The fourth-order valence-electron chi connectivity index (χ4n) is 3.44. The molecule has 9 heteroatoms. The maximum absolute atomic E-state index is 12.8. The minimum absolute atomic E-state index is 0.0451. The predicted molar refractivity (Wildman–Crippen MR) is 113 cm³/mol. The van der Waals surface area contributed by atoms with E-state index in [4.69, 9.17) is 16.3 Å². The summed E-state index contributed by atoms with van der Waals surface area (Å²) in [6.45, 7) is 6.00. The lowest BCUT2D eigenvalue weighted by Crippen LogP contribution is -2.48. The summed E-state index contributed by atoms with van der Waals surface area (Å²) in [4.78, 5) is 16.9. The first-order valence-corrected chi connectivity index (χ1v) is 10.3. The summed E-state index contributed by atoms with van der Waals surface area (Å²) in [5.74, 6) is 1.57. The summed E-state index contributed by atoms with van der Waals surface area (Å²) in [6.07, 6.45) is 0. The van der Waals surface area contributed by atoms with E-state index in [0.717, 1.165) is 30.4 Å². The molecule has 1 aliphatic heterocycles. The van der Waals surface area contributed by atoms with Crippen molar-refractivity contribution in [3.63, 3.8) is 0 Å². The van der Waals surface area contributed by atoms with Gasteiger partial charge in [-0.05, 0) is 65.9 Å². The summed E-state index contributed by atoms with van der Waals surface area (Å²) in [7, 11) is 0. The Morgan fingerprint density at radius 3 is 2.40 bits per heavy atom. The fraction of sp³-hybridized carbons (Fsp3) is 0.333. The highest BCUT2D eigenvalue weighted by molar-refractivity contribution is 6.30. The highest BCUT2D eigenvalue weighted by Gasteiger charge is 2.23. The van der Waals surface area contributed by atoms with Gasteiger partial charge in [0, 0.05) is 36.8 Å². The Morgan fingerprint density at radius 2 is 1.73 bits per heavy atom. The van der Waals surface area contributed by atoms with E-state index in [-0.39, 0.29) is 5.91 Å². The third-order valence-electron chi connectivity index (χ3n) is 5.04. The molecule has 0 bridgehead atoms. The zero-order chi connectivity index (χ0) is 20.9. The molecular weight excluding hydrogens is 404 g/mol. The average molecular weight is 427 g/mol. The first-order valence-electron chi connectivity index (χ1n) is 9.91. The molecule has 1 fully saturated rings. The normalized spacial score (nSPS) is 14.7. The second-order valence-electron chi connectivity index (χ2n) is 7.01. The minimum Gasteiger partial charge on any atom is -0.494 e. The van der Waals surface area contributed by atoms with Crippen LogP contribution in [0.25, 0.3) is 5.69 Å². The lowest BCUT2D eigenvalue weighted by atomic mass is 10.1. The maximum Gasteiger partial charge on any atom is 0.253 e. The lowest BCUT2D eigenvalue weighted by molar-refractivity contribution is 0.0624. The van der Waals surface area contributed by atoms with Crippen LogP contribution in [0.4, 0.5) is 0 Å². The number of tetrazole rings is 1. The van der Waals surface area contributed by atoms with Crippen molar-refractivity contribution in [2.75, 3.05) is 32.8 Å². The van der Waals surface area contributed by atoms with Gasteiger partial charge < -0.3 is 9.64 Å². The van der Waals surface area contributed by atoms with Crippen molar-refractivity contribution in [3.8, 4) is 11.4 Å². The molecule has 1 aliphatic rings. The van der Waals surface area contributed by atoms with Gasteiger partial charge in [-0.3, -0.25) is 9.69 Å². The summed E-state index contributed by atoms with van der Waals surface area (Å²) in [6, 6.07) is 14.7. The highest BCUT2D eigenvalue weighted by atomic mass is 35.5. The predicted octanol–water partition coefficient (Wildman–Crippen LogP) is 2.67. The van der Waals surface area contributed by atoms with Gasteiger partial charge in [0.15, 0.2) is 5.82 Å². The van der Waals surface area contributed by atoms with Gasteiger partial charge in [0.1, 0.15) is 5.75 Å². The molecular formula is C21H23ClN6O2. The standard InChI is InChI=1S/C21H23ClN6O2/c1-2-30-19-9-3-16(4-10-19)21(29)27-13-11-26(12-14-27)15-20-23-24-25-28(20)18-7-5-17(22)6-8-18/h3-10H,2,11-15H2,1H3. The van der Waals surface area contributed by atoms with Gasteiger partial charge in [-0.2, -0.15) is 4.68 Å². The summed E-state index contributed by atoms with van der Waals surface area (Å²) in [5, 5.41) is 12.8. The number of rotatable bonds is 6. The number of carbonyl (C=O) groups is 1. The second kappa shape index (κ2) is 9.23. The molecule has 0 unspecified atom stereocenters. The topological polar surface area (TPSA) is 76.4 Å². The molecule has 0 atom stereocenters. The Balaban J connectivity index is 1.35. The van der Waals surface area contributed by atoms with Crippen molar-refractivity contribution in [3.05, 3.63) is 64.9 Å². The Hall–Kier alpha value is -2.97. The van der Waals surface area contributed by atoms with Crippen LogP contribution >= 0.6 is 11.6 Å². The van der Waals surface area contributed by atoms with Crippen molar-refractivity contribution < 1.29 is 9.53 Å². The zero-order valence-corrected chi connectivity index (χ0v) is 17.5. The van der Waals surface area contributed by atoms with Crippen LogP contribution in [-0.2, 0) is 6.54 Å². The average Bonchev–Trinajstić information content (AvgIpc) is 3.23. The van der Waals surface area contributed by atoms with E-state index in [0.29, 0.717) is 36.8 Å². The van der Waals surface area contributed by atoms with Gasteiger partial charge in [-0.25, -0.2) is 0 Å². The fourth-order valence-corrected chi connectivity index (χ4v) is 3.57.